The van der Waals surface area contributed by atoms with E-state index in [2.05, 4.69) is 0 Å². The zero-order valence-corrected chi connectivity index (χ0v) is 11.3. The van der Waals surface area contributed by atoms with Gasteiger partial charge in [-0.2, -0.15) is 0 Å². The van der Waals surface area contributed by atoms with Crippen molar-refractivity contribution in [2.75, 3.05) is 20.3 Å². The molecule has 2 saturated heterocycles. The maximum atomic E-state index is 12.3. The van der Waals surface area contributed by atoms with Gasteiger partial charge in [0.25, 0.3) is 0 Å². The largest absolute Gasteiger partial charge is 0.458 e. The van der Waals surface area contributed by atoms with Crippen molar-refractivity contribution in [1.29, 1.82) is 0 Å². The van der Waals surface area contributed by atoms with Crippen LogP contribution in [0.5, 0.6) is 0 Å². The maximum Gasteiger partial charge on any atom is 0.329 e. The smallest absolute Gasteiger partial charge is 0.329 e. The van der Waals surface area contributed by atoms with Gasteiger partial charge < -0.3 is 14.4 Å². The number of amides is 1. The summed E-state index contributed by atoms with van der Waals surface area (Å²) < 4.78 is 10.5. The van der Waals surface area contributed by atoms with E-state index in [0.717, 1.165) is 12.8 Å². The van der Waals surface area contributed by atoms with Crippen molar-refractivity contribution in [2.45, 2.75) is 44.8 Å². The number of carbonyl (C=O) groups is 2. The second-order valence-electron chi connectivity index (χ2n) is 5.74. The van der Waals surface area contributed by atoms with Gasteiger partial charge in [-0.3, -0.25) is 4.79 Å². The number of ether oxygens (including phenoxy) is 2. The molecule has 1 atom stereocenters. The molecule has 1 amide bonds. The van der Waals surface area contributed by atoms with Gasteiger partial charge in [0.1, 0.15) is 11.6 Å². The molecule has 2 aliphatic rings. The number of carbonyl (C=O) groups excluding carboxylic acids is 2. The van der Waals surface area contributed by atoms with Crippen molar-refractivity contribution >= 4 is 11.9 Å². The van der Waals surface area contributed by atoms with E-state index in [-0.39, 0.29) is 17.8 Å². The van der Waals surface area contributed by atoms with E-state index >= 15 is 0 Å². The summed E-state index contributed by atoms with van der Waals surface area (Å²) in [5.41, 5.74) is -0.466. The van der Waals surface area contributed by atoms with Crippen LogP contribution in [0.15, 0.2) is 0 Å². The van der Waals surface area contributed by atoms with Crippen LogP contribution in [0.1, 0.15) is 33.1 Å². The highest BCUT2D eigenvalue weighted by atomic mass is 16.6. The Morgan fingerprint density at radius 1 is 1.33 bits per heavy atom. The minimum Gasteiger partial charge on any atom is -0.458 e. The van der Waals surface area contributed by atoms with Gasteiger partial charge in [0.2, 0.25) is 5.91 Å². The lowest BCUT2D eigenvalue weighted by Gasteiger charge is -2.29. The van der Waals surface area contributed by atoms with Gasteiger partial charge in [0.15, 0.2) is 0 Å². The predicted octanol–water partition coefficient (Wildman–Crippen LogP) is 0.966. The molecular formula is C13H21NO4. The molecule has 0 radical (unpaired) electrons. The van der Waals surface area contributed by atoms with Crippen LogP contribution in [-0.2, 0) is 19.1 Å². The van der Waals surface area contributed by atoms with Crippen molar-refractivity contribution in [1.82, 2.24) is 4.90 Å². The van der Waals surface area contributed by atoms with Gasteiger partial charge in [-0.25, -0.2) is 4.79 Å². The number of rotatable bonds is 2. The van der Waals surface area contributed by atoms with Gasteiger partial charge in [-0.05, 0) is 26.7 Å². The lowest BCUT2D eigenvalue weighted by molar-refractivity contribution is -0.153. The van der Waals surface area contributed by atoms with Crippen LogP contribution < -0.4 is 0 Å². The topological polar surface area (TPSA) is 55.8 Å². The molecule has 2 rings (SSSR count). The zero-order chi connectivity index (χ0) is 13.3. The highest BCUT2D eigenvalue weighted by Gasteiger charge is 2.44. The van der Waals surface area contributed by atoms with Gasteiger partial charge in [-0.1, -0.05) is 0 Å². The summed E-state index contributed by atoms with van der Waals surface area (Å²) in [7, 11) is 1.70. The van der Waals surface area contributed by atoms with Crippen LogP contribution in [0.2, 0.25) is 0 Å². The minimum atomic E-state index is -0.466. The lowest BCUT2D eigenvalue weighted by atomic mass is 9.96. The number of nitrogens with zero attached hydrogens (tertiary/aromatic N) is 1. The van der Waals surface area contributed by atoms with Crippen molar-refractivity contribution in [3.8, 4) is 0 Å². The summed E-state index contributed by atoms with van der Waals surface area (Å²) in [6.07, 6.45) is 2.06. The number of hydrogen-bond donors (Lipinski definition) is 0. The SMILES string of the molecule is CN(C(=O)C1CCOCC1)[C@H]1CC(C)(C)OC1=O. The maximum absolute atomic E-state index is 12.3. The summed E-state index contributed by atoms with van der Waals surface area (Å²) in [6, 6.07) is -0.435. The molecule has 2 aliphatic heterocycles. The van der Waals surface area contributed by atoms with Crippen LogP contribution in [0.4, 0.5) is 0 Å². The van der Waals surface area contributed by atoms with E-state index < -0.39 is 11.6 Å². The van der Waals surface area contributed by atoms with Crippen LogP contribution in [-0.4, -0.2) is 48.7 Å². The van der Waals surface area contributed by atoms with Gasteiger partial charge in [0.05, 0.1) is 0 Å². The number of esters is 1. The first-order valence-corrected chi connectivity index (χ1v) is 6.48. The van der Waals surface area contributed by atoms with Crippen molar-refractivity contribution in [2.24, 2.45) is 5.92 Å². The molecule has 102 valence electrons. The predicted molar refractivity (Wildman–Crippen MR) is 64.9 cm³/mol. The molecule has 0 bridgehead atoms. The van der Waals surface area contributed by atoms with Crippen LogP contribution in [0.25, 0.3) is 0 Å². The Morgan fingerprint density at radius 3 is 2.44 bits per heavy atom. The molecule has 5 nitrogen and oxygen atoms in total. The molecule has 2 fully saturated rings. The third kappa shape index (κ3) is 2.66. The fraction of sp³-hybridized carbons (Fsp3) is 0.846. The quantitative estimate of drug-likeness (QED) is 0.690. The van der Waals surface area contributed by atoms with E-state index in [1.165, 1.54) is 0 Å². The van der Waals surface area contributed by atoms with E-state index in [1.54, 1.807) is 11.9 Å². The van der Waals surface area contributed by atoms with Crippen LogP contribution in [0, 0.1) is 5.92 Å². The lowest BCUT2D eigenvalue weighted by Crippen LogP contribution is -2.44. The molecule has 0 N–H and O–H groups in total. The number of hydrogen-bond acceptors (Lipinski definition) is 4. The Bertz CT molecular complexity index is 347. The summed E-state index contributed by atoms with van der Waals surface area (Å²) in [5, 5.41) is 0. The highest BCUT2D eigenvalue weighted by Crippen LogP contribution is 2.30. The van der Waals surface area contributed by atoms with Crippen molar-refractivity contribution in [3.05, 3.63) is 0 Å². The fourth-order valence-electron chi connectivity index (χ4n) is 2.61. The molecule has 0 aromatic rings. The van der Waals surface area contributed by atoms with Crippen LogP contribution in [0.3, 0.4) is 0 Å². The van der Waals surface area contributed by atoms with Crippen molar-refractivity contribution < 1.29 is 19.1 Å². The summed E-state index contributed by atoms with van der Waals surface area (Å²) in [5.74, 6) is -0.263. The Hall–Kier alpha value is -1.10. The summed E-state index contributed by atoms with van der Waals surface area (Å²) in [4.78, 5) is 25.6. The fourth-order valence-corrected chi connectivity index (χ4v) is 2.61. The molecule has 2 heterocycles. The highest BCUT2D eigenvalue weighted by molar-refractivity contribution is 5.87. The Kier molecular flexibility index (Phi) is 3.61. The van der Waals surface area contributed by atoms with Crippen LogP contribution >= 0.6 is 0 Å². The molecule has 0 aliphatic carbocycles. The average molecular weight is 255 g/mol. The van der Waals surface area contributed by atoms with Gasteiger partial charge in [-0.15, -0.1) is 0 Å². The van der Waals surface area contributed by atoms with E-state index in [0.29, 0.717) is 19.6 Å². The monoisotopic (exact) mass is 255 g/mol. The Balaban J connectivity index is 2.00. The second kappa shape index (κ2) is 4.88. The molecule has 0 spiro atoms. The van der Waals surface area contributed by atoms with Gasteiger partial charge in [0, 0.05) is 32.6 Å². The first kappa shape index (κ1) is 13.3. The molecule has 0 unspecified atom stereocenters. The minimum absolute atomic E-state index is 0.0136. The molecule has 0 saturated carbocycles. The summed E-state index contributed by atoms with van der Waals surface area (Å²) >= 11 is 0. The Morgan fingerprint density at radius 2 is 1.94 bits per heavy atom. The number of cyclic esters (lactones) is 1. The molecule has 0 aromatic heterocycles. The average Bonchev–Trinajstić information content (AvgIpc) is 2.62. The third-order valence-corrected chi connectivity index (χ3v) is 3.72. The van der Waals surface area contributed by atoms with Gasteiger partial charge >= 0.3 is 5.97 Å². The standard InChI is InChI=1S/C13H21NO4/c1-13(2)8-10(12(16)18-13)14(3)11(15)9-4-6-17-7-5-9/h9-10H,4-8H2,1-3H3/t10-/m0/s1. The van der Waals surface area contributed by atoms with E-state index in [1.807, 2.05) is 13.8 Å². The van der Waals surface area contributed by atoms with Crippen molar-refractivity contribution in [3.63, 3.8) is 0 Å². The summed E-state index contributed by atoms with van der Waals surface area (Å²) in [6.45, 7) is 5.00. The first-order valence-electron chi connectivity index (χ1n) is 6.48. The number of likely N-dealkylation sites (N-methyl/N-ethyl adjacent to an activating group) is 1. The molecule has 5 heteroatoms. The first-order chi connectivity index (χ1) is 8.41. The molecular weight excluding hydrogens is 234 g/mol. The molecule has 18 heavy (non-hydrogen) atoms. The van der Waals surface area contributed by atoms with E-state index in [4.69, 9.17) is 9.47 Å². The third-order valence-electron chi connectivity index (χ3n) is 3.72. The molecule has 0 aromatic carbocycles. The van der Waals surface area contributed by atoms with E-state index in [9.17, 15) is 9.59 Å². The second-order valence-corrected chi connectivity index (χ2v) is 5.74. The normalized spacial score (nSPS) is 27.9. The zero-order valence-electron chi connectivity index (χ0n) is 11.3. The Labute approximate surface area is 107 Å².